The molecule has 0 spiro atoms. The van der Waals surface area contributed by atoms with E-state index in [1.165, 1.54) is 7.11 Å². The van der Waals surface area contributed by atoms with Crippen LogP contribution in [-0.4, -0.2) is 67.1 Å². The number of amides is 1. The Morgan fingerprint density at radius 2 is 1.76 bits per heavy atom. The summed E-state index contributed by atoms with van der Waals surface area (Å²) >= 11 is 1.58. The molecule has 0 N–H and O–H groups in total. The summed E-state index contributed by atoms with van der Waals surface area (Å²) in [6, 6.07) is 22.7. The first-order valence-corrected chi connectivity index (χ1v) is 13.1. The van der Waals surface area contributed by atoms with Gasteiger partial charge in [0.2, 0.25) is 0 Å². The molecule has 1 aliphatic rings. The largest absolute Gasteiger partial charge is 0.497 e. The fourth-order valence-electron chi connectivity index (χ4n) is 4.76. The summed E-state index contributed by atoms with van der Waals surface area (Å²) in [6.07, 6.45) is 0.769. The van der Waals surface area contributed by atoms with E-state index in [0.29, 0.717) is 31.7 Å². The Labute approximate surface area is 220 Å². The van der Waals surface area contributed by atoms with E-state index in [2.05, 4.69) is 4.90 Å². The van der Waals surface area contributed by atoms with Crippen molar-refractivity contribution >= 4 is 33.4 Å². The van der Waals surface area contributed by atoms with Crippen LogP contribution in [0, 0.1) is 0 Å². The number of esters is 1. The molecule has 5 rings (SSSR count). The lowest BCUT2D eigenvalue weighted by Gasteiger charge is -2.29. The number of ether oxygens (including phenoxy) is 2. The zero-order chi connectivity index (χ0) is 25.8. The number of rotatable bonds is 6. The van der Waals surface area contributed by atoms with Crippen LogP contribution in [-0.2, 0) is 9.53 Å². The Hall–Kier alpha value is -3.75. The molecule has 4 aromatic rings. The highest BCUT2D eigenvalue weighted by Gasteiger charge is 2.31. The number of carbonyl (C=O) groups is 2. The summed E-state index contributed by atoms with van der Waals surface area (Å²) in [6.45, 7) is 2.45. The Morgan fingerprint density at radius 1 is 0.919 bits per heavy atom. The second-order valence-electron chi connectivity index (χ2n) is 8.95. The monoisotopic (exact) mass is 515 g/mol. The molecule has 1 atom stereocenters. The topological polar surface area (TPSA) is 72.0 Å². The molecule has 0 saturated carbocycles. The minimum absolute atomic E-state index is 0.0131. The number of nitrogens with zero attached hydrogens (tertiary/aromatic N) is 3. The van der Waals surface area contributed by atoms with Crippen molar-refractivity contribution in [2.75, 3.05) is 40.4 Å². The molecule has 8 heteroatoms. The van der Waals surface area contributed by atoms with Crippen LogP contribution in [0.5, 0.6) is 5.75 Å². The highest BCUT2D eigenvalue weighted by Crippen LogP contribution is 2.33. The van der Waals surface area contributed by atoms with Crippen molar-refractivity contribution in [2.45, 2.75) is 12.5 Å². The van der Waals surface area contributed by atoms with Gasteiger partial charge in [0.15, 0.2) is 0 Å². The standard InChI is InChI=1S/C29H29N3O4S/c1-35-23-12-13-24-25(19-23)37-27(30-24)21-10-6-11-22(18-21)28(33)32-15-7-14-31(16-17-32)26(29(34)36-2)20-8-4-3-5-9-20/h3-6,8-13,18-19,26H,7,14-17H2,1-2H3. The van der Waals surface area contributed by atoms with Gasteiger partial charge in [-0.2, -0.15) is 0 Å². The van der Waals surface area contributed by atoms with Crippen LogP contribution < -0.4 is 4.74 Å². The number of hydrogen-bond donors (Lipinski definition) is 0. The van der Waals surface area contributed by atoms with Gasteiger partial charge in [0.05, 0.1) is 24.4 Å². The van der Waals surface area contributed by atoms with Crippen molar-refractivity contribution in [3.63, 3.8) is 0 Å². The van der Waals surface area contributed by atoms with Crippen LogP contribution in [0.4, 0.5) is 0 Å². The minimum Gasteiger partial charge on any atom is -0.497 e. The molecular weight excluding hydrogens is 486 g/mol. The molecule has 0 radical (unpaired) electrons. The average Bonchev–Trinajstić information content (AvgIpc) is 3.23. The third-order valence-corrected chi connectivity index (χ3v) is 7.74. The number of fused-ring (bicyclic) bond motifs is 1. The summed E-state index contributed by atoms with van der Waals surface area (Å²) < 4.78 is 11.5. The predicted octanol–water partition coefficient (Wildman–Crippen LogP) is 5.03. The summed E-state index contributed by atoms with van der Waals surface area (Å²) in [4.78, 5) is 34.9. The SMILES string of the molecule is COC(=O)C(c1ccccc1)N1CCCN(C(=O)c2cccc(-c3nc4ccc(OC)cc4s3)c2)CC1. The Balaban J connectivity index is 1.33. The van der Waals surface area contributed by atoms with Gasteiger partial charge in [-0.3, -0.25) is 9.69 Å². The minimum atomic E-state index is -0.484. The maximum atomic E-state index is 13.5. The third-order valence-electron chi connectivity index (χ3n) is 6.67. The van der Waals surface area contributed by atoms with Gasteiger partial charge in [-0.05, 0) is 42.3 Å². The second-order valence-corrected chi connectivity index (χ2v) is 9.98. The van der Waals surface area contributed by atoms with E-state index in [-0.39, 0.29) is 11.9 Å². The van der Waals surface area contributed by atoms with Gasteiger partial charge >= 0.3 is 5.97 Å². The van der Waals surface area contributed by atoms with Gasteiger partial charge in [-0.1, -0.05) is 42.5 Å². The average molecular weight is 516 g/mol. The van der Waals surface area contributed by atoms with Gasteiger partial charge in [-0.25, -0.2) is 9.78 Å². The summed E-state index contributed by atoms with van der Waals surface area (Å²) in [5.74, 6) is 0.497. The Bertz CT molecular complexity index is 1400. The lowest BCUT2D eigenvalue weighted by molar-refractivity contribution is -0.147. The van der Waals surface area contributed by atoms with Crippen molar-refractivity contribution < 1.29 is 19.1 Å². The number of hydrogen-bond acceptors (Lipinski definition) is 7. The van der Waals surface area contributed by atoms with Gasteiger partial charge in [0, 0.05) is 37.3 Å². The fraction of sp³-hybridized carbons (Fsp3) is 0.276. The number of thiazole rings is 1. The lowest BCUT2D eigenvalue weighted by atomic mass is 10.1. The first-order valence-electron chi connectivity index (χ1n) is 12.3. The van der Waals surface area contributed by atoms with E-state index in [9.17, 15) is 9.59 Å². The first kappa shape index (κ1) is 24.9. The van der Waals surface area contributed by atoms with Crippen LogP contribution in [0.25, 0.3) is 20.8 Å². The number of carbonyl (C=O) groups excluding carboxylic acids is 2. The first-order chi connectivity index (χ1) is 18.1. The molecule has 1 saturated heterocycles. The highest BCUT2D eigenvalue weighted by atomic mass is 32.1. The molecule has 7 nitrogen and oxygen atoms in total. The van der Waals surface area contributed by atoms with Gasteiger partial charge in [0.25, 0.3) is 5.91 Å². The summed E-state index contributed by atoms with van der Waals surface area (Å²) in [5, 5.41) is 0.865. The van der Waals surface area contributed by atoms with Crippen LogP contribution in [0.3, 0.4) is 0 Å². The lowest BCUT2D eigenvalue weighted by Crippen LogP contribution is -2.39. The molecular formula is C29H29N3O4S. The molecule has 3 aromatic carbocycles. The van der Waals surface area contributed by atoms with Crippen molar-refractivity contribution in [3.8, 4) is 16.3 Å². The molecule has 1 fully saturated rings. The number of aromatic nitrogens is 1. The fourth-order valence-corrected chi connectivity index (χ4v) is 5.76. The number of benzene rings is 3. The quantitative estimate of drug-likeness (QED) is 0.335. The molecule has 1 amide bonds. The zero-order valence-electron chi connectivity index (χ0n) is 20.9. The maximum Gasteiger partial charge on any atom is 0.327 e. The predicted molar refractivity (Wildman–Crippen MR) is 145 cm³/mol. The second kappa shape index (κ2) is 11.1. The maximum absolute atomic E-state index is 13.5. The van der Waals surface area contributed by atoms with Crippen LogP contribution in [0.2, 0.25) is 0 Å². The van der Waals surface area contributed by atoms with Crippen LogP contribution in [0.1, 0.15) is 28.4 Å². The molecule has 37 heavy (non-hydrogen) atoms. The molecule has 1 unspecified atom stereocenters. The normalized spacial score (nSPS) is 15.2. The molecule has 2 heterocycles. The number of methoxy groups -OCH3 is 2. The van der Waals surface area contributed by atoms with Crippen molar-refractivity contribution in [1.29, 1.82) is 0 Å². The van der Waals surface area contributed by atoms with Gasteiger partial charge in [-0.15, -0.1) is 11.3 Å². The Kier molecular flexibility index (Phi) is 7.48. The van der Waals surface area contributed by atoms with Crippen molar-refractivity contribution in [1.82, 2.24) is 14.8 Å². The smallest absolute Gasteiger partial charge is 0.327 e. The van der Waals surface area contributed by atoms with Crippen molar-refractivity contribution in [2.24, 2.45) is 0 Å². The molecule has 1 aromatic heterocycles. The van der Waals surface area contributed by atoms with Gasteiger partial charge < -0.3 is 14.4 Å². The van der Waals surface area contributed by atoms with Gasteiger partial charge in [0.1, 0.15) is 16.8 Å². The molecule has 0 bridgehead atoms. The van der Waals surface area contributed by atoms with Crippen molar-refractivity contribution in [3.05, 3.63) is 83.9 Å². The third kappa shape index (κ3) is 5.35. The van der Waals surface area contributed by atoms with E-state index in [1.807, 2.05) is 77.7 Å². The molecule has 0 aliphatic carbocycles. The zero-order valence-corrected chi connectivity index (χ0v) is 21.7. The van der Waals surface area contributed by atoms with E-state index >= 15 is 0 Å². The van der Waals surface area contributed by atoms with E-state index < -0.39 is 6.04 Å². The van der Waals surface area contributed by atoms with E-state index in [0.717, 1.165) is 38.5 Å². The summed E-state index contributed by atoms with van der Waals surface area (Å²) in [7, 11) is 3.07. The highest BCUT2D eigenvalue weighted by molar-refractivity contribution is 7.21. The molecule has 1 aliphatic heterocycles. The van der Waals surface area contributed by atoms with E-state index in [4.69, 9.17) is 14.5 Å². The van der Waals surface area contributed by atoms with E-state index in [1.54, 1.807) is 18.4 Å². The summed E-state index contributed by atoms with van der Waals surface area (Å²) in [5.41, 5.74) is 3.35. The Morgan fingerprint density at radius 3 is 2.54 bits per heavy atom. The van der Waals surface area contributed by atoms with Crippen LogP contribution in [0.15, 0.2) is 72.8 Å². The van der Waals surface area contributed by atoms with Crippen LogP contribution >= 0.6 is 11.3 Å². The molecule has 190 valence electrons.